The molecule has 6 heteroatoms. The Kier molecular flexibility index (Phi) is 4.06. The molecule has 1 heterocycles. The van der Waals surface area contributed by atoms with E-state index in [-0.39, 0.29) is 18.9 Å². The number of amides is 1. The largest absolute Gasteiger partial charge is 0.493 e. The number of hydrogen-bond donors (Lipinski definition) is 1. The summed E-state index contributed by atoms with van der Waals surface area (Å²) in [6.45, 7) is 0.286. The summed E-state index contributed by atoms with van der Waals surface area (Å²) < 4.78 is 10.5. The fourth-order valence-electron chi connectivity index (χ4n) is 1.65. The Morgan fingerprint density at radius 2 is 2.16 bits per heavy atom. The highest BCUT2D eigenvalue weighted by Gasteiger charge is 2.07. The van der Waals surface area contributed by atoms with Crippen molar-refractivity contribution in [3.05, 3.63) is 39.7 Å². The first-order chi connectivity index (χ1) is 9.06. The van der Waals surface area contributed by atoms with Crippen LogP contribution in [0, 0.1) is 0 Å². The molecule has 0 aliphatic heterocycles. The van der Waals surface area contributed by atoms with E-state index in [2.05, 4.69) is 0 Å². The SMILES string of the molecule is NC(=O)CCCOc1cc(=O)oc2ccc(Cl)cc12. The lowest BCUT2D eigenvalue weighted by molar-refractivity contribution is -0.118. The molecule has 0 unspecified atom stereocenters. The van der Waals surface area contributed by atoms with Crippen LogP contribution in [0.2, 0.25) is 5.02 Å². The molecule has 0 spiro atoms. The van der Waals surface area contributed by atoms with Gasteiger partial charge < -0.3 is 14.9 Å². The third kappa shape index (κ3) is 3.48. The Hall–Kier alpha value is -2.01. The van der Waals surface area contributed by atoms with E-state index in [9.17, 15) is 9.59 Å². The number of benzene rings is 1. The molecule has 5 nitrogen and oxygen atoms in total. The molecule has 19 heavy (non-hydrogen) atoms. The summed E-state index contributed by atoms with van der Waals surface area (Å²) in [7, 11) is 0. The lowest BCUT2D eigenvalue weighted by Crippen LogP contribution is -2.12. The molecule has 0 fully saturated rings. The minimum atomic E-state index is -0.500. The predicted octanol–water partition coefficient (Wildman–Crippen LogP) is 2.09. The van der Waals surface area contributed by atoms with Crippen LogP contribution in [0.3, 0.4) is 0 Å². The molecule has 0 atom stereocenters. The van der Waals surface area contributed by atoms with Gasteiger partial charge in [-0.2, -0.15) is 0 Å². The van der Waals surface area contributed by atoms with Crippen LogP contribution in [0.15, 0.2) is 33.5 Å². The van der Waals surface area contributed by atoms with Gasteiger partial charge in [0.1, 0.15) is 11.3 Å². The zero-order valence-corrected chi connectivity index (χ0v) is 10.8. The average Bonchev–Trinajstić information content (AvgIpc) is 2.35. The summed E-state index contributed by atoms with van der Waals surface area (Å²) >= 11 is 5.90. The summed E-state index contributed by atoms with van der Waals surface area (Å²) in [6.07, 6.45) is 0.720. The molecule has 2 N–H and O–H groups in total. The van der Waals surface area contributed by atoms with Gasteiger partial charge in [0, 0.05) is 11.4 Å². The number of nitrogens with two attached hydrogens (primary N) is 1. The Morgan fingerprint density at radius 3 is 2.89 bits per heavy atom. The van der Waals surface area contributed by atoms with Crippen molar-refractivity contribution in [1.29, 1.82) is 0 Å². The molecule has 1 aromatic carbocycles. The van der Waals surface area contributed by atoms with Gasteiger partial charge in [0.15, 0.2) is 0 Å². The van der Waals surface area contributed by atoms with Crippen LogP contribution in [0.5, 0.6) is 5.75 Å². The molecule has 100 valence electrons. The molecule has 0 aliphatic carbocycles. The zero-order chi connectivity index (χ0) is 13.8. The normalized spacial score (nSPS) is 10.6. The first-order valence-corrected chi connectivity index (χ1v) is 6.08. The van der Waals surface area contributed by atoms with Crippen molar-refractivity contribution < 1.29 is 13.9 Å². The first-order valence-electron chi connectivity index (χ1n) is 5.71. The maximum absolute atomic E-state index is 11.4. The second-order valence-corrected chi connectivity index (χ2v) is 4.42. The minimum absolute atomic E-state index is 0.236. The second-order valence-electron chi connectivity index (χ2n) is 3.99. The third-order valence-electron chi connectivity index (χ3n) is 2.49. The maximum atomic E-state index is 11.4. The third-order valence-corrected chi connectivity index (χ3v) is 2.73. The van der Waals surface area contributed by atoms with E-state index >= 15 is 0 Å². The van der Waals surface area contributed by atoms with Gasteiger partial charge >= 0.3 is 5.63 Å². The second kappa shape index (κ2) is 5.75. The Morgan fingerprint density at radius 1 is 1.37 bits per heavy atom. The van der Waals surface area contributed by atoms with E-state index < -0.39 is 5.63 Å². The molecule has 0 saturated carbocycles. The number of rotatable bonds is 5. The van der Waals surface area contributed by atoms with Crippen LogP contribution in [0.25, 0.3) is 11.0 Å². The van der Waals surface area contributed by atoms with E-state index in [1.54, 1.807) is 18.2 Å². The number of halogens is 1. The molecule has 0 aliphatic rings. The standard InChI is InChI=1S/C13H12ClNO4/c14-8-3-4-10-9(6-8)11(7-13(17)19-10)18-5-1-2-12(15)16/h3-4,6-7H,1-2,5H2,(H2,15,16). The molecular weight excluding hydrogens is 270 g/mol. The van der Waals surface area contributed by atoms with Crippen LogP contribution in [0.1, 0.15) is 12.8 Å². The van der Waals surface area contributed by atoms with Crippen LogP contribution < -0.4 is 16.1 Å². The van der Waals surface area contributed by atoms with Gasteiger partial charge in [-0.05, 0) is 24.6 Å². The lowest BCUT2D eigenvalue weighted by atomic mass is 10.2. The van der Waals surface area contributed by atoms with Gasteiger partial charge in [0.05, 0.1) is 18.1 Å². The topological polar surface area (TPSA) is 82.5 Å². The van der Waals surface area contributed by atoms with Crippen LogP contribution in [-0.4, -0.2) is 12.5 Å². The molecule has 1 amide bonds. The van der Waals surface area contributed by atoms with E-state index in [1.807, 2.05) is 0 Å². The average molecular weight is 282 g/mol. The molecule has 1 aromatic heterocycles. The van der Waals surface area contributed by atoms with Gasteiger partial charge in [-0.15, -0.1) is 0 Å². The van der Waals surface area contributed by atoms with Crippen LogP contribution >= 0.6 is 11.6 Å². The lowest BCUT2D eigenvalue weighted by Gasteiger charge is -2.07. The smallest absolute Gasteiger partial charge is 0.339 e. The van der Waals surface area contributed by atoms with Crippen molar-refractivity contribution in [3.63, 3.8) is 0 Å². The first kappa shape index (κ1) is 13.4. The van der Waals surface area contributed by atoms with Crippen molar-refractivity contribution in [2.75, 3.05) is 6.61 Å². The Labute approximate surface area is 113 Å². The number of fused-ring (bicyclic) bond motifs is 1. The van der Waals surface area contributed by atoms with E-state index in [0.29, 0.717) is 28.2 Å². The Bertz CT molecular complexity index is 665. The fourth-order valence-corrected chi connectivity index (χ4v) is 1.83. The van der Waals surface area contributed by atoms with Crippen LogP contribution in [-0.2, 0) is 4.79 Å². The van der Waals surface area contributed by atoms with E-state index in [0.717, 1.165) is 0 Å². The molecule has 0 bridgehead atoms. The van der Waals surface area contributed by atoms with Crippen molar-refractivity contribution >= 4 is 28.5 Å². The number of ether oxygens (including phenoxy) is 1. The fraction of sp³-hybridized carbons (Fsp3) is 0.231. The van der Waals surface area contributed by atoms with Gasteiger partial charge in [-0.1, -0.05) is 11.6 Å². The number of hydrogen-bond acceptors (Lipinski definition) is 4. The highest BCUT2D eigenvalue weighted by atomic mass is 35.5. The molecule has 0 radical (unpaired) electrons. The summed E-state index contributed by atoms with van der Waals surface area (Å²) in [6, 6.07) is 6.14. The van der Waals surface area contributed by atoms with Crippen molar-refractivity contribution in [2.24, 2.45) is 5.73 Å². The van der Waals surface area contributed by atoms with Crippen LogP contribution in [0.4, 0.5) is 0 Å². The van der Waals surface area contributed by atoms with Gasteiger partial charge in [0.25, 0.3) is 0 Å². The molecule has 0 saturated heterocycles. The summed E-state index contributed by atoms with van der Waals surface area (Å²) in [5.41, 5.74) is 4.93. The number of primary amides is 1. The highest BCUT2D eigenvalue weighted by Crippen LogP contribution is 2.26. The molecule has 2 rings (SSSR count). The van der Waals surface area contributed by atoms with Crippen molar-refractivity contribution in [1.82, 2.24) is 0 Å². The summed E-state index contributed by atoms with van der Waals surface area (Å²) in [5.74, 6) is 0.00213. The van der Waals surface area contributed by atoms with E-state index in [4.69, 9.17) is 26.5 Å². The van der Waals surface area contributed by atoms with Gasteiger partial charge in [0.2, 0.25) is 5.91 Å². The van der Waals surface area contributed by atoms with Crippen molar-refractivity contribution in [3.8, 4) is 5.75 Å². The van der Waals surface area contributed by atoms with Gasteiger partial charge in [-0.25, -0.2) is 4.79 Å². The van der Waals surface area contributed by atoms with Crippen molar-refractivity contribution in [2.45, 2.75) is 12.8 Å². The molecule has 2 aromatic rings. The minimum Gasteiger partial charge on any atom is -0.493 e. The Balaban J connectivity index is 2.23. The molecular formula is C13H12ClNO4. The summed E-state index contributed by atoms with van der Waals surface area (Å²) in [5, 5.41) is 1.13. The summed E-state index contributed by atoms with van der Waals surface area (Å²) in [4.78, 5) is 22.0. The highest BCUT2D eigenvalue weighted by molar-refractivity contribution is 6.31. The maximum Gasteiger partial charge on any atom is 0.339 e. The predicted molar refractivity (Wildman–Crippen MR) is 71.4 cm³/mol. The quantitative estimate of drug-likeness (QED) is 0.672. The monoisotopic (exact) mass is 281 g/mol. The van der Waals surface area contributed by atoms with Gasteiger partial charge in [-0.3, -0.25) is 4.79 Å². The van der Waals surface area contributed by atoms with E-state index in [1.165, 1.54) is 6.07 Å². The number of carbonyl (C=O) groups is 1. The number of carbonyl (C=O) groups excluding carboxylic acids is 1. The zero-order valence-electron chi connectivity index (χ0n) is 10.0.